The Kier molecular flexibility index (Phi) is 6.88. The predicted molar refractivity (Wildman–Crippen MR) is 116 cm³/mol. The molecule has 0 unspecified atom stereocenters. The van der Waals surface area contributed by atoms with Gasteiger partial charge in [-0.3, -0.25) is 4.79 Å². The lowest BCUT2D eigenvalue weighted by Crippen LogP contribution is -2.14. The van der Waals surface area contributed by atoms with Gasteiger partial charge in [0.1, 0.15) is 5.75 Å². The lowest BCUT2D eigenvalue weighted by atomic mass is 10.1. The van der Waals surface area contributed by atoms with Crippen LogP contribution in [0.25, 0.3) is 10.8 Å². The van der Waals surface area contributed by atoms with Crippen molar-refractivity contribution < 1.29 is 9.53 Å². The van der Waals surface area contributed by atoms with Crippen LogP contribution < -0.4 is 10.1 Å². The first kappa shape index (κ1) is 19.4. The van der Waals surface area contributed by atoms with E-state index in [9.17, 15) is 4.79 Å². The summed E-state index contributed by atoms with van der Waals surface area (Å²) < 4.78 is 6.75. The number of anilines is 1. The van der Waals surface area contributed by atoms with Crippen LogP contribution in [0.5, 0.6) is 5.75 Å². The molecule has 0 saturated heterocycles. The lowest BCUT2D eigenvalue weighted by Gasteiger charge is -2.13. The molecule has 0 radical (unpaired) electrons. The van der Waals surface area contributed by atoms with Crippen molar-refractivity contribution >= 4 is 38.3 Å². The van der Waals surface area contributed by atoms with Crippen LogP contribution in [0.4, 0.5) is 5.69 Å². The van der Waals surface area contributed by atoms with Crippen molar-refractivity contribution in [1.82, 2.24) is 0 Å². The van der Waals surface area contributed by atoms with Crippen LogP contribution in [-0.2, 0) is 0 Å². The van der Waals surface area contributed by atoms with Crippen molar-refractivity contribution in [2.24, 2.45) is 0 Å². The van der Waals surface area contributed by atoms with E-state index in [-0.39, 0.29) is 5.91 Å². The van der Waals surface area contributed by atoms with Crippen LogP contribution >= 0.6 is 15.9 Å². The van der Waals surface area contributed by atoms with E-state index >= 15 is 0 Å². The standard InChI is InChI=1S/C23H24BrNO2/c1-2-3-4-7-15-27-22-14-13-18(24)16-20(22)23(26)25-21-12-8-10-17-9-5-6-11-19(17)21/h5-6,8-14,16H,2-4,7,15H2,1H3,(H,25,26). The third kappa shape index (κ3) is 5.10. The summed E-state index contributed by atoms with van der Waals surface area (Å²) in [5.74, 6) is 0.448. The van der Waals surface area contributed by atoms with Gasteiger partial charge in [0.2, 0.25) is 0 Å². The molecular weight excluding hydrogens is 402 g/mol. The SMILES string of the molecule is CCCCCCOc1ccc(Br)cc1C(=O)Nc1cccc2ccccc12. The van der Waals surface area contributed by atoms with Gasteiger partial charge in [-0.15, -0.1) is 0 Å². The third-order valence-corrected chi connectivity index (χ3v) is 4.97. The van der Waals surface area contributed by atoms with Crippen LogP contribution in [-0.4, -0.2) is 12.5 Å². The number of amides is 1. The number of fused-ring (bicyclic) bond motifs is 1. The van der Waals surface area contributed by atoms with Crippen LogP contribution in [0, 0.1) is 0 Å². The highest BCUT2D eigenvalue weighted by atomic mass is 79.9. The van der Waals surface area contributed by atoms with E-state index in [2.05, 4.69) is 28.2 Å². The predicted octanol–water partition coefficient (Wildman–Crippen LogP) is 6.81. The molecule has 3 aromatic rings. The van der Waals surface area contributed by atoms with E-state index in [1.807, 2.05) is 60.7 Å². The Balaban J connectivity index is 1.78. The van der Waals surface area contributed by atoms with E-state index in [1.165, 1.54) is 12.8 Å². The molecule has 4 heteroatoms. The maximum Gasteiger partial charge on any atom is 0.259 e. The number of ether oxygens (including phenoxy) is 1. The normalized spacial score (nSPS) is 10.7. The molecule has 0 spiro atoms. The van der Waals surface area contributed by atoms with Gasteiger partial charge in [-0.2, -0.15) is 0 Å². The first-order valence-corrected chi connectivity index (χ1v) is 10.2. The Morgan fingerprint density at radius 1 is 1.00 bits per heavy atom. The molecule has 0 aliphatic carbocycles. The summed E-state index contributed by atoms with van der Waals surface area (Å²) in [6.45, 7) is 2.81. The molecule has 3 aromatic carbocycles. The number of unbranched alkanes of at least 4 members (excludes halogenated alkanes) is 3. The Labute approximate surface area is 168 Å². The maximum absolute atomic E-state index is 13.0. The lowest BCUT2D eigenvalue weighted by molar-refractivity contribution is 0.102. The fourth-order valence-corrected chi connectivity index (χ4v) is 3.40. The van der Waals surface area contributed by atoms with Crippen molar-refractivity contribution in [2.45, 2.75) is 32.6 Å². The highest BCUT2D eigenvalue weighted by Gasteiger charge is 2.15. The second-order valence-corrected chi connectivity index (χ2v) is 7.45. The molecule has 0 saturated carbocycles. The van der Waals surface area contributed by atoms with Crippen LogP contribution in [0.1, 0.15) is 43.0 Å². The van der Waals surface area contributed by atoms with E-state index in [1.54, 1.807) is 0 Å². The third-order valence-electron chi connectivity index (χ3n) is 4.48. The number of carbonyl (C=O) groups is 1. The minimum atomic E-state index is -0.170. The van der Waals surface area contributed by atoms with Crippen LogP contribution in [0.2, 0.25) is 0 Å². The number of rotatable bonds is 8. The molecule has 3 nitrogen and oxygen atoms in total. The molecular formula is C23H24BrNO2. The van der Waals surface area contributed by atoms with Gasteiger partial charge in [0.25, 0.3) is 5.91 Å². The zero-order valence-corrected chi connectivity index (χ0v) is 17.1. The molecule has 0 heterocycles. The van der Waals surface area contributed by atoms with Gasteiger partial charge < -0.3 is 10.1 Å². The molecule has 140 valence electrons. The zero-order valence-electron chi connectivity index (χ0n) is 15.5. The summed E-state index contributed by atoms with van der Waals surface area (Å²) in [5.41, 5.74) is 1.33. The summed E-state index contributed by atoms with van der Waals surface area (Å²) in [4.78, 5) is 13.0. The minimum absolute atomic E-state index is 0.170. The first-order valence-electron chi connectivity index (χ1n) is 9.40. The van der Waals surface area contributed by atoms with Gasteiger partial charge in [0.05, 0.1) is 12.2 Å². The molecule has 1 amide bonds. The van der Waals surface area contributed by atoms with Gasteiger partial charge in [0, 0.05) is 15.5 Å². The van der Waals surface area contributed by atoms with Crippen molar-refractivity contribution in [3.05, 3.63) is 70.7 Å². The van der Waals surface area contributed by atoms with Crippen LogP contribution in [0.15, 0.2) is 65.1 Å². The smallest absolute Gasteiger partial charge is 0.259 e. The Bertz CT molecular complexity index is 918. The molecule has 0 aliphatic rings. The quantitative estimate of drug-likeness (QED) is 0.402. The van der Waals surface area contributed by atoms with Crippen molar-refractivity contribution in [1.29, 1.82) is 0 Å². The number of halogens is 1. The molecule has 1 N–H and O–H groups in total. The van der Waals surface area contributed by atoms with Gasteiger partial charge in [0.15, 0.2) is 0 Å². The van der Waals surface area contributed by atoms with E-state index < -0.39 is 0 Å². The number of nitrogens with one attached hydrogen (secondary N) is 1. The second kappa shape index (κ2) is 9.56. The van der Waals surface area contributed by atoms with Crippen molar-refractivity contribution in [3.63, 3.8) is 0 Å². The molecule has 0 bridgehead atoms. The summed E-state index contributed by atoms with van der Waals surface area (Å²) >= 11 is 3.46. The van der Waals surface area contributed by atoms with Gasteiger partial charge in [-0.1, -0.05) is 78.5 Å². The molecule has 27 heavy (non-hydrogen) atoms. The summed E-state index contributed by atoms with van der Waals surface area (Å²) in [7, 11) is 0. The summed E-state index contributed by atoms with van der Waals surface area (Å²) in [6.07, 6.45) is 4.54. The summed E-state index contributed by atoms with van der Waals surface area (Å²) in [6, 6.07) is 19.5. The topological polar surface area (TPSA) is 38.3 Å². The number of carbonyl (C=O) groups excluding carboxylic acids is 1. The fraction of sp³-hybridized carbons (Fsp3) is 0.261. The molecule has 0 aromatic heterocycles. The van der Waals surface area contributed by atoms with E-state index in [4.69, 9.17) is 4.74 Å². The highest BCUT2D eigenvalue weighted by Crippen LogP contribution is 2.27. The first-order chi connectivity index (χ1) is 13.2. The largest absolute Gasteiger partial charge is 0.493 e. The average Bonchev–Trinajstić information content (AvgIpc) is 2.69. The summed E-state index contributed by atoms with van der Waals surface area (Å²) in [5, 5.41) is 5.15. The Morgan fingerprint density at radius 2 is 1.81 bits per heavy atom. The Morgan fingerprint density at radius 3 is 2.67 bits per heavy atom. The van der Waals surface area contributed by atoms with Crippen molar-refractivity contribution in [2.75, 3.05) is 11.9 Å². The second-order valence-electron chi connectivity index (χ2n) is 6.53. The number of hydrogen-bond donors (Lipinski definition) is 1. The van der Waals surface area contributed by atoms with Gasteiger partial charge in [-0.05, 0) is 36.1 Å². The minimum Gasteiger partial charge on any atom is -0.493 e. The molecule has 0 fully saturated rings. The van der Waals surface area contributed by atoms with Crippen molar-refractivity contribution in [3.8, 4) is 5.75 Å². The Hall–Kier alpha value is -2.33. The average molecular weight is 426 g/mol. The van der Waals surface area contributed by atoms with Gasteiger partial charge >= 0.3 is 0 Å². The molecule has 0 aliphatic heterocycles. The van der Waals surface area contributed by atoms with E-state index in [0.717, 1.165) is 33.8 Å². The molecule has 0 atom stereocenters. The highest BCUT2D eigenvalue weighted by molar-refractivity contribution is 9.10. The van der Waals surface area contributed by atoms with E-state index in [0.29, 0.717) is 17.9 Å². The monoisotopic (exact) mass is 425 g/mol. The fourth-order valence-electron chi connectivity index (χ4n) is 3.04. The van der Waals surface area contributed by atoms with Crippen LogP contribution in [0.3, 0.4) is 0 Å². The number of hydrogen-bond acceptors (Lipinski definition) is 2. The zero-order chi connectivity index (χ0) is 19.1. The maximum atomic E-state index is 13.0. The number of benzene rings is 3. The molecule has 3 rings (SSSR count). The van der Waals surface area contributed by atoms with Gasteiger partial charge in [-0.25, -0.2) is 0 Å².